The topological polar surface area (TPSA) is 111 Å². The van der Waals surface area contributed by atoms with Crippen molar-refractivity contribution >= 4 is 11.6 Å². The third-order valence-electron chi connectivity index (χ3n) is 3.79. The first-order valence-electron chi connectivity index (χ1n) is 7.99. The molecule has 4 aromatic heterocycles. The van der Waals surface area contributed by atoms with Crippen molar-refractivity contribution < 1.29 is 9.32 Å². The smallest absolute Gasteiger partial charge is 0.258 e. The molecular formula is C17H15N7O2. The Bertz CT molecular complexity index is 1060. The molecule has 0 fully saturated rings. The maximum Gasteiger partial charge on any atom is 0.258 e. The van der Waals surface area contributed by atoms with Gasteiger partial charge in [0.2, 0.25) is 5.91 Å². The van der Waals surface area contributed by atoms with Crippen LogP contribution in [0.2, 0.25) is 0 Å². The predicted octanol–water partition coefficient (Wildman–Crippen LogP) is 1.34. The fraction of sp³-hybridized carbons (Fsp3) is 0.176. The molecule has 0 spiro atoms. The molecule has 4 rings (SSSR count). The van der Waals surface area contributed by atoms with Crippen molar-refractivity contribution in [3.05, 3.63) is 60.1 Å². The number of aromatic nitrogens is 6. The summed E-state index contributed by atoms with van der Waals surface area (Å²) in [6, 6.07) is 7.31. The summed E-state index contributed by atoms with van der Waals surface area (Å²) in [5.41, 5.74) is 2.25. The predicted molar refractivity (Wildman–Crippen MR) is 90.8 cm³/mol. The van der Waals surface area contributed by atoms with Crippen molar-refractivity contribution in [3.63, 3.8) is 0 Å². The van der Waals surface area contributed by atoms with E-state index in [1.54, 1.807) is 35.9 Å². The van der Waals surface area contributed by atoms with E-state index >= 15 is 0 Å². The molecule has 0 bridgehead atoms. The van der Waals surface area contributed by atoms with Crippen LogP contribution in [0.1, 0.15) is 17.2 Å². The normalized spacial score (nSPS) is 11.0. The molecule has 1 amide bonds. The number of pyridine rings is 2. The highest BCUT2D eigenvalue weighted by Crippen LogP contribution is 2.18. The number of fused-ring (bicyclic) bond motifs is 1. The quantitative estimate of drug-likeness (QED) is 0.579. The second-order valence-electron chi connectivity index (χ2n) is 5.72. The molecule has 0 saturated carbocycles. The minimum Gasteiger partial charge on any atom is -0.348 e. The molecule has 9 nitrogen and oxygen atoms in total. The number of nitrogens with zero attached hydrogens (tertiary/aromatic N) is 6. The molecule has 0 atom stereocenters. The van der Waals surface area contributed by atoms with Crippen molar-refractivity contribution in [3.8, 4) is 11.5 Å². The molecule has 0 radical (unpaired) electrons. The van der Waals surface area contributed by atoms with Crippen LogP contribution in [0.3, 0.4) is 0 Å². The molecule has 4 heterocycles. The highest BCUT2D eigenvalue weighted by molar-refractivity contribution is 5.78. The van der Waals surface area contributed by atoms with Crippen LogP contribution in [0.25, 0.3) is 17.1 Å². The Hall–Kier alpha value is -3.62. The highest BCUT2D eigenvalue weighted by atomic mass is 16.5. The molecule has 9 heteroatoms. The summed E-state index contributed by atoms with van der Waals surface area (Å²) in [6.07, 6.45) is 5.43. The number of carbonyl (C=O) groups excluding carboxylic acids is 1. The fourth-order valence-corrected chi connectivity index (χ4v) is 2.54. The number of aryl methyl sites for hydroxylation is 1. The Labute approximate surface area is 148 Å². The van der Waals surface area contributed by atoms with Crippen LogP contribution >= 0.6 is 0 Å². The van der Waals surface area contributed by atoms with Crippen LogP contribution in [0.15, 0.2) is 47.4 Å². The van der Waals surface area contributed by atoms with Crippen LogP contribution in [-0.4, -0.2) is 35.6 Å². The standard InChI is InChI=1S/C17H15N7O2/c1-11-20-17(26-23-11)13-4-6-24-14(8-13)21-22-15(24)10-19-16(25)7-12-3-2-5-18-9-12/h2-6,8-9H,7,10H2,1H3,(H,19,25). The van der Waals surface area contributed by atoms with Gasteiger partial charge in [-0.3, -0.25) is 14.2 Å². The Morgan fingerprint density at radius 1 is 1.31 bits per heavy atom. The van der Waals surface area contributed by atoms with Crippen LogP contribution < -0.4 is 5.32 Å². The maximum atomic E-state index is 12.1. The molecule has 4 aromatic rings. The SMILES string of the molecule is Cc1noc(-c2ccn3c(CNC(=O)Cc4cccnc4)nnc3c2)n1. The van der Waals surface area contributed by atoms with E-state index in [1.165, 1.54) is 0 Å². The average Bonchev–Trinajstić information content (AvgIpc) is 3.26. The van der Waals surface area contributed by atoms with E-state index in [-0.39, 0.29) is 18.9 Å². The number of hydrogen-bond acceptors (Lipinski definition) is 7. The van der Waals surface area contributed by atoms with Crippen LogP contribution in [0.4, 0.5) is 0 Å². The lowest BCUT2D eigenvalue weighted by Crippen LogP contribution is -2.25. The highest BCUT2D eigenvalue weighted by Gasteiger charge is 2.11. The zero-order chi connectivity index (χ0) is 17.9. The van der Waals surface area contributed by atoms with E-state index in [0.717, 1.165) is 11.1 Å². The zero-order valence-electron chi connectivity index (χ0n) is 14.0. The van der Waals surface area contributed by atoms with E-state index in [0.29, 0.717) is 23.2 Å². The van der Waals surface area contributed by atoms with Gasteiger partial charge in [0, 0.05) is 24.2 Å². The van der Waals surface area contributed by atoms with Gasteiger partial charge in [0.1, 0.15) is 0 Å². The van der Waals surface area contributed by atoms with E-state index in [2.05, 4.69) is 30.6 Å². The molecule has 0 aliphatic rings. The molecule has 0 aromatic carbocycles. The van der Waals surface area contributed by atoms with Crippen molar-refractivity contribution in [1.29, 1.82) is 0 Å². The van der Waals surface area contributed by atoms with Gasteiger partial charge in [-0.15, -0.1) is 10.2 Å². The first kappa shape index (κ1) is 15.9. The van der Waals surface area contributed by atoms with Crippen LogP contribution in [0, 0.1) is 6.92 Å². The summed E-state index contributed by atoms with van der Waals surface area (Å²) in [4.78, 5) is 20.3. The van der Waals surface area contributed by atoms with E-state index < -0.39 is 0 Å². The lowest BCUT2D eigenvalue weighted by Gasteiger charge is -2.04. The minimum absolute atomic E-state index is 0.104. The monoisotopic (exact) mass is 349 g/mol. The van der Waals surface area contributed by atoms with Gasteiger partial charge in [-0.2, -0.15) is 4.98 Å². The van der Waals surface area contributed by atoms with Crippen LogP contribution in [-0.2, 0) is 17.8 Å². The van der Waals surface area contributed by atoms with E-state index in [9.17, 15) is 4.79 Å². The Morgan fingerprint density at radius 2 is 2.23 bits per heavy atom. The fourth-order valence-electron chi connectivity index (χ4n) is 2.54. The molecule has 0 aliphatic heterocycles. The van der Waals surface area contributed by atoms with Gasteiger partial charge in [-0.1, -0.05) is 11.2 Å². The van der Waals surface area contributed by atoms with Gasteiger partial charge in [0.15, 0.2) is 17.3 Å². The van der Waals surface area contributed by atoms with Gasteiger partial charge in [-0.05, 0) is 30.7 Å². The van der Waals surface area contributed by atoms with E-state index in [4.69, 9.17) is 4.52 Å². The van der Waals surface area contributed by atoms with Gasteiger partial charge in [-0.25, -0.2) is 0 Å². The van der Waals surface area contributed by atoms with Crippen molar-refractivity contribution in [1.82, 2.24) is 35.0 Å². The van der Waals surface area contributed by atoms with Gasteiger partial charge in [0.05, 0.1) is 13.0 Å². The largest absolute Gasteiger partial charge is 0.348 e. The molecule has 0 unspecified atom stereocenters. The summed E-state index contributed by atoms with van der Waals surface area (Å²) in [5, 5.41) is 14.9. The van der Waals surface area contributed by atoms with Crippen molar-refractivity contribution in [2.24, 2.45) is 0 Å². The number of amides is 1. The third-order valence-corrected chi connectivity index (χ3v) is 3.79. The van der Waals surface area contributed by atoms with Crippen molar-refractivity contribution in [2.75, 3.05) is 0 Å². The second kappa shape index (κ2) is 6.71. The molecule has 26 heavy (non-hydrogen) atoms. The number of nitrogens with one attached hydrogen (secondary N) is 1. The lowest BCUT2D eigenvalue weighted by atomic mass is 10.2. The van der Waals surface area contributed by atoms with Gasteiger partial charge in [0.25, 0.3) is 5.89 Å². The summed E-state index contributed by atoms with van der Waals surface area (Å²) in [6.45, 7) is 2.04. The molecular weight excluding hydrogens is 334 g/mol. The lowest BCUT2D eigenvalue weighted by molar-refractivity contribution is -0.120. The molecule has 1 N–H and O–H groups in total. The first-order chi connectivity index (χ1) is 12.7. The molecule has 130 valence electrons. The Balaban J connectivity index is 1.46. The molecule has 0 saturated heterocycles. The minimum atomic E-state index is -0.104. The zero-order valence-corrected chi connectivity index (χ0v) is 14.0. The second-order valence-corrected chi connectivity index (χ2v) is 5.72. The summed E-state index contributed by atoms with van der Waals surface area (Å²) < 4.78 is 6.96. The number of hydrogen-bond donors (Lipinski definition) is 1. The maximum absolute atomic E-state index is 12.1. The summed E-state index contributed by atoms with van der Waals surface area (Å²) in [7, 11) is 0. The van der Waals surface area contributed by atoms with Crippen molar-refractivity contribution in [2.45, 2.75) is 19.9 Å². The third kappa shape index (κ3) is 3.27. The Kier molecular flexibility index (Phi) is 4.10. The summed E-state index contributed by atoms with van der Waals surface area (Å²) >= 11 is 0. The summed E-state index contributed by atoms with van der Waals surface area (Å²) in [5.74, 6) is 1.53. The molecule has 0 aliphatic carbocycles. The number of rotatable bonds is 5. The van der Waals surface area contributed by atoms with Crippen LogP contribution in [0.5, 0.6) is 0 Å². The van der Waals surface area contributed by atoms with Gasteiger partial charge >= 0.3 is 0 Å². The van der Waals surface area contributed by atoms with E-state index in [1.807, 2.05) is 18.3 Å². The van der Waals surface area contributed by atoms with Gasteiger partial charge < -0.3 is 9.84 Å². The average molecular weight is 349 g/mol. The first-order valence-corrected chi connectivity index (χ1v) is 7.99. The number of carbonyl (C=O) groups is 1. The Morgan fingerprint density at radius 3 is 3.00 bits per heavy atom.